The maximum Gasteiger partial charge on any atom is 0.253 e. The molecule has 1 aliphatic rings. The summed E-state index contributed by atoms with van der Waals surface area (Å²) in [6.45, 7) is 7.95. The molecule has 156 valence electrons. The highest BCUT2D eigenvalue weighted by Gasteiger charge is 2.29. The van der Waals surface area contributed by atoms with E-state index >= 15 is 0 Å². The fourth-order valence-electron chi connectivity index (χ4n) is 4.08. The number of para-hydroxylation sites is 1. The van der Waals surface area contributed by atoms with Crippen LogP contribution in [-0.4, -0.2) is 38.7 Å². The third-order valence-electron chi connectivity index (χ3n) is 5.78. The Morgan fingerprint density at radius 2 is 1.80 bits per heavy atom. The molecule has 0 bridgehead atoms. The molecule has 2 aromatic carbocycles. The summed E-state index contributed by atoms with van der Waals surface area (Å²) in [5.41, 5.74) is 3.04. The molecule has 1 N–H and O–H groups in total. The van der Waals surface area contributed by atoms with E-state index in [0.717, 1.165) is 36.5 Å². The molecule has 0 spiro atoms. The first-order chi connectivity index (χ1) is 14.3. The van der Waals surface area contributed by atoms with Crippen LogP contribution in [0.25, 0.3) is 5.69 Å². The van der Waals surface area contributed by atoms with Crippen molar-refractivity contribution in [2.24, 2.45) is 0 Å². The summed E-state index contributed by atoms with van der Waals surface area (Å²) in [5.74, 6) is 1.12. The SMILES string of the molecule is CC(C)(C)c1ccc(C(=O)N2CCCC(c3n[nH]c(=S)n3-c3ccccc3)C2)cc1. The smallest absolute Gasteiger partial charge is 0.253 e. The van der Waals surface area contributed by atoms with Crippen LogP contribution in [0.4, 0.5) is 0 Å². The predicted molar refractivity (Wildman–Crippen MR) is 122 cm³/mol. The number of nitrogens with zero attached hydrogens (tertiary/aromatic N) is 3. The highest BCUT2D eigenvalue weighted by Crippen LogP contribution is 2.29. The number of carbonyl (C=O) groups excluding carboxylic acids is 1. The van der Waals surface area contributed by atoms with Crippen molar-refractivity contribution in [2.45, 2.75) is 44.9 Å². The fourth-order valence-corrected chi connectivity index (χ4v) is 4.32. The molecule has 1 saturated heterocycles. The zero-order valence-corrected chi connectivity index (χ0v) is 18.6. The summed E-state index contributed by atoms with van der Waals surface area (Å²) in [7, 11) is 0. The van der Waals surface area contributed by atoms with Gasteiger partial charge in [-0.05, 0) is 60.3 Å². The molecule has 3 aromatic rings. The topological polar surface area (TPSA) is 53.9 Å². The average Bonchev–Trinajstić information content (AvgIpc) is 3.15. The number of benzene rings is 2. The lowest BCUT2D eigenvalue weighted by molar-refractivity contribution is 0.0704. The number of hydrogen-bond donors (Lipinski definition) is 1. The van der Waals surface area contributed by atoms with Gasteiger partial charge in [-0.3, -0.25) is 14.5 Å². The molecule has 0 radical (unpaired) electrons. The standard InChI is InChI=1S/C24H28N4OS/c1-24(2,3)19-13-11-17(12-14-19)22(29)27-15-7-8-18(16-27)21-25-26-23(30)28(21)20-9-5-4-6-10-20/h4-6,9-14,18H,7-8,15-16H2,1-3H3,(H,26,30). The maximum absolute atomic E-state index is 13.2. The Morgan fingerprint density at radius 1 is 1.10 bits per heavy atom. The van der Waals surface area contributed by atoms with Gasteiger partial charge in [-0.1, -0.05) is 51.1 Å². The van der Waals surface area contributed by atoms with Crippen molar-refractivity contribution in [3.63, 3.8) is 0 Å². The molecule has 1 aromatic heterocycles. The van der Waals surface area contributed by atoms with Crippen LogP contribution in [0.15, 0.2) is 54.6 Å². The van der Waals surface area contributed by atoms with Crippen LogP contribution in [0.1, 0.15) is 61.3 Å². The van der Waals surface area contributed by atoms with Crippen molar-refractivity contribution < 1.29 is 4.79 Å². The molecule has 1 atom stereocenters. The van der Waals surface area contributed by atoms with Crippen LogP contribution in [0.2, 0.25) is 0 Å². The van der Waals surface area contributed by atoms with Gasteiger partial charge < -0.3 is 4.90 Å². The van der Waals surface area contributed by atoms with Gasteiger partial charge >= 0.3 is 0 Å². The first-order valence-electron chi connectivity index (χ1n) is 10.5. The summed E-state index contributed by atoms with van der Waals surface area (Å²) in [6, 6.07) is 18.1. The first-order valence-corrected chi connectivity index (χ1v) is 10.9. The summed E-state index contributed by atoms with van der Waals surface area (Å²) in [6.07, 6.45) is 1.93. The Balaban J connectivity index is 1.56. The van der Waals surface area contributed by atoms with Gasteiger partial charge in [0.2, 0.25) is 0 Å². The molecule has 1 fully saturated rings. The van der Waals surface area contributed by atoms with E-state index in [-0.39, 0.29) is 17.2 Å². The zero-order valence-electron chi connectivity index (χ0n) is 17.8. The number of piperidine rings is 1. The number of rotatable bonds is 3. The number of likely N-dealkylation sites (tertiary alicyclic amines) is 1. The highest BCUT2D eigenvalue weighted by molar-refractivity contribution is 7.71. The Morgan fingerprint density at radius 3 is 2.47 bits per heavy atom. The van der Waals surface area contributed by atoms with Gasteiger partial charge in [0.25, 0.3) is 5.91 Å². The molecule has 5 nitrogen and oxygen atoms in total. The third kappa shape index (κ3) is 4.10. The quantitative estimate of drug-likeness (QED) is 0.589. The van der Waals surface area contributed by atoms with Crippen LogP contribution in [0.3, 0.4) is 0 Å². The maximum atomic E-state index is 13.2. The minimum atomic E-state index is 0.0741. The van der Waals surface area contributed by atoms with Crippen molar-refractivity contribution in [1.29, 1.82) is 0 Å². The van der Waals surface area contributed by atoms with E-state index in [2.05, 4.69) is 43.1 Å². The Hall–Kier alpha value is -2.73. The van der Waals surface area contributed by atoms with E-state index in [1.807, 2.05) is 51.9 Å². The second-order valence-corrected chi connectivity index (χ2v) is 9.36. The lowest BCUT2D eigenvalue weighted by Crippen LogP contribution is -2.39. The van der Waals surface area contributed by atoms with Crippen molar-refractivity contribution in [3.8, 4) is 5.69 Å². The Kier molecular flexibility index (Phi) is 5.60. The molecule has 2 heterocycles. The van der Waals surface area contributed by atoms with Gasteiger partial charge in [0.1, 0.15) is 5.82 Å². The predicted octanol–water partition coefficient (Wildman–Crippen LogP) is 5.25. The molecular weight excluding hydrogens is 392 g/mol. The van der Waals surface area contributed by atoms with Crippen LogP contribution in [0.5, 0.6) is 0 Å². The number of H-pyrrole nitrogens is 1. The Bertz CT molecular complexity index is 1080. The van der Waals surface area contributed by atoms with E-state index in [1.54, 1.807) is 0 Å². The number of amides is 1. The van der Waals surface area contributed by atoms with E-state index in [0.29, 0.717) is 11.3 Å². The molecule has 0 aliphatic carbocycles. The molecule has 1 aliphatic heterocycles. The first kappa shape index (κ1) is 20.5. The van der Waals surface area contributed by atoms with Gasteiger partial charge in [-0.2, -0.15) is 5.10 Å². The Labute approximate surface area is 182 Å². The molecular formula is C24H28N4OS. The van der Waals surface area contributed by atoms with Crippen LogP contribution in [-0.2, 0) is 5.41 Å². The summed E-state index contributed by atoms with van der Waals surface area (Å²) in [5, 5.41) is 7.47. The minimum Gasteiger partial charge on any atom is -0.338 e. The zero-order chi connectivity index (χ0) is 21.3. The summed E-state index contributed by atoms with van der Waals surface area (Å²) in [4.78, 5) is 15.1. The number of aromatic nitrogens is 3. The van der Waals surface area contributed by atoms with Gasteiger partial charge in [-0.25, -0.2) is 0 Å². The summed E-state index contributed by atoms with van der Waals surface area (Å²) < 4.78 is 2.57. The number of nitrogens with one attached hydrogen (secondary N) is 1. The van der Waals surface area contributed by atoms with Crippen LogP contribution in [0, 0.1) is 4.77 Å². The van der Waals surface area contributed by atoms with Gasteiger partial charge in [0.05, 0.1) is 0 Å². The molecule has 1 amide bonds. The third-order valence-corrected chi connectivity index (χ3v) is 6.06. The van der Waals surface area contributed by atoms with Crippen molar-refractivity contribution in [2.75, 3.05) is 13.1 Å². The van der Waals surface area contributed by atoms with Gasteiger partial charge in [0.15, 0.2) is 4.77 Å². The van der Waals surface area contributed by atoms with E-state index < -0.39 is 0 Å². The number of aromatic amines is 1. The molecule has 6 heteroatoms. The number of hydrogen-bond acceptors (Lipinski definition) is 3. The minimum absolute atomic E-state index is 0.0741. The average molecular weight is 421 g/mol. The molecule has 30 heavy (non-hydrogen) atoms. The normalized spacial score (nSPS) is 17.2. The molecule has 4 rings (SSSR count). The van der Waals surface area contributed by atoms with Crippen molar-refractivity contribution in [1.82, 2.24) is 19.7 Å². The molecule has 0 saturated carbocycles. The monoisotopic (exact) mass is 420 g/mol. The van der Waals surface area contributed by atoms with E-state index in [1.165, 1.54) is 5.56 Å². The molecule has 1 unspecified atom stereocenters. The van der Waals surface area contributed by atoms with Crippen molar-refractivity contribution in [3.05, 3.63) is 76.3 Å². The lowest BCUT2D eigenvalue weighted by atomic mass is 9.86. The van der Waals surface area contributed by atoms with Crippen LogP contribution >= 0.6 is 12.2 Å². The van der Waals surface area contributed by atoms with Crippen molar-refractivity contribution >= 4 is 18.1 Å². The summed E-state index contributed by atoms with van der Waals surface area (Å²) >= 11 is 5.49. The van der Waals surface area contributed by atoms with Crippen LogP contribution < -0.4 is 0 Å². The van der Waals surface area contributed by atoms with E-state index in [4.69, 9.17) is 12.2 Å². The fraction of sp³-hybridized carbons (Fsp3) is 0.375. The second-order valence-electron chi connectivity index (χ2n) is 8.98. The second kappa shape index (κ2) is 8.19. The lowest BCUT2D eigenvalue weighted by Gasteiger charge is -2.32. The van der Waals surface area contributed by atoms with Gasteiger partial charge in [0, 0.05) is 30.3 Å². The van der Waals surface area contributed by atoms with Gasteiger partial charge in [-0.15, -0.1) is 0 Å². The number of carbonyl (C=O) groups is 1. The highest BCUT2D eigenvalue weighted by atomic mass is 32.1. The van der Waals surface area contributed by atoms with E-state index in [9.17, 15) is 4.79 Å². The largest absolute Gasteiger partial charge is 0.338 e.